The van der Waals surface area contributed by atoms with Gasteiger partial charge in [0.2, 0.25) is 0 Å². The van der Waals surface area contributed by atoms with Gasteiger partial charge in [0.05, 0.1) is 12.2 Å². The monoisotopic (exact) mass is 314 g/mol. The van der Waals surface area contributed by atoms with E-state index in [4.69, 9.17) is 4.84 Å². The van der Waals surface area contributed by atoms with Crippen molar-refractivity contribution in [3.63, 3.8) is 0 Å². The second-order valence-electron chi connectivity index (χ2n) is 5.96. The van der Waals surface area contributed by atoms with Crippen LogP contribution in [0.15, 0.2) is 42.5 Å². The highest BCUT2D eigenvalue weighted by Gasteiger charge is 2.17. The number of aliphatic hydroxyl groups is 1. The van der Waals surface area contributed by atoms with E-state index in [1.54, 1.807) is 0 Å². The summed E-state index contributed by atoms with van der Waals surface area (Å²) in [6, 6.07) is 13.3. The summed E-state index contributed by atoms with van der Waals surface area (Å²) in [5.41, 5.74) is 3.18. The molecule has 3 rings (SSSR count). The number of amides is 2. The van der Waals surface area contributed by atoms with E-state index in [0.29, 0.717) is 0 Å². The lowest BCUT2D eigenvalue weighted by molar-refractivity contribution is -0.000416. The molecule has 1 aliphatic rings. The number of hydrogen-bond acceptors (Lipinski definition) is 3. The highest BCUT2D eigenvalue weighted by Crippen LogP contribution is 2.21. The van der Waals surface area contributed by atoms with Crippen LogP contribution in [0.2, 0.25) is 0 Å². The molecule has 2 aromatic rings. The van der Waals surface area contributed by atoms with Crippen LogP contribution in [0.3, 0.4) is 0 Å². The molecule has 1 aliphatic carbocycles. The smallest absolute Gasteiger partial charge is 0.338 e. The molecule has 3 N–H and O–H groups in total. The molecule has 2 amide bonds. The topological polar surface area (TPSA) is 70.6 Å². The molecule has 5 heteroatoms. The molecule has 0 saturated heterocycles. The zero-order chi connectivity index (χ0) is 16.1. The fourth-order valence-electron chi connectivity index (χ4n) is 2.90. The molecule has 0 bridgehead atoms. The van der Waals surface area contributed by atoms with Gasteiger partial charge in [0.1, 0.15) is 0 Å². The Morgan fingerprint density at radius 2 is 1.91 bits per heavy atom. The average molecular weight is 314 g/mol. The molecule has 0 spiro atoms. The molecular weight excluding hydrogens is 292 g/mol. The number of fused-ring (bicyclic) bond motifs is 1. The maximum Gasteiger partial charge on any atom is 0.338 e. The maximum atomic E-state index is 11.7. The molecule has 1 unspecified atom stereocenters. The van der Waals surface area contributed by atoms with Crippen molar-refractivity contribution in [2.45, 2.75) is 37.9 Å². The van der Waals surface area contributed by atoms with Crippen LogP contribution in [0.25, 0.3) is 10.8 Å². The second kappa shape index (κ2) is 7.44. The standard InChI is InChI=1S/C18H22N2O3/c21-17(12-19-18(22)20-23-16-7-3-4-8-16)15-10-9-13-5-1-2-6-14(13)11-15/h1-2,5-6,9-11,16-17,21H,3-4,7-8,12H2,(H2,19,20,22). The predicted octanol–water partition coefficient (Wildman–Crippen LogP) is 3.05. The van der Waals surface area contributed by atoms with Gasteiger partial charge in [0.25, 0.3) is 0 Å². The van der Waals surface area contributed by atoms with E-state index in [1.807, 2.05) is 42.5 Å². The summed E-state index contributed by atoms with van der Waals surface area (Å²) in [4.78, 5) is 17.0. The average Bonchev–Trinajstić information content (AvgIpc) is 3.11. The Morgan fingerprint density at radius 1 is 1.17 bits per heavy atom. The highest BCUT2D eigenvalue weighted by atomic mass is 16.7. The number of aliphatic hydroxyl groups excluding tert-OH is 1. The fraction of sp³-hybridized carbons (Fsp3) is 0.389. The lowest BCUT2D eigenvalue weighted by Crippen LogP contribution is -2.39. The van der Waals surface area contributed by atoms with Gasteiger partial charge in [-0.2, -0.15) is 0 Å². The molecule has 122 valence electrons. The van der Waals surface area contributed by atoms with Gasteiger partial charge in [-0.1, -0.05) is 49.2 Å². The third-order valence-electron chi connectivity index (χ3n) is 4.23. The van der Waals surface area contributed by atoms with Gasteiger partial charge in [-0.3, -0.25) is 4.84 Å². The Labute approximate surface area is 135 Å². The number of nitrogens with one attached hydrogen (secondary N) is 2. The first-order chi connectivity index (χ1) is 11.2. The van der Waals surface area contributed by atoms with E-state index >= 15 is 0 Å². The molecular formula is C18H22N2O3. The summed E-state index contributed by atoms with van der Waals surface area (Å²) in [7, 11) is 0. The minimum absolute atomic E-state index is 0.117. The fourth-order valence-corrected chi connectivity index (χ4v) is 2.90. The van der Waals surface area contributed by atoms with Gasteiger partial charge in [-0.25, -0.2) is 10.3 Å². The predicted molar refractivity (Wildman–Crippen MR) is 88.8 cm³/mol. The number of hydrogen-bond donors (Lipinski definition) is 3. The molecule has 2 aromatic carbocycles. The zero-order valence-electron chi connectivity index (χ0n) is 13.0. The van der Waals surface area contributed by atoms with Crippen LogP contribution >= 0.6 is 0 Å². The molecule has 0 aromatic heterocycles. The summed E-state index contributed by atoms with van der Waals surface area (Å²) in [5.74, 6) is 0. The molecule has 0 heterocycles. The number of carbonyl (C=O) groups is 1. The van der Waals surface area contributed by atoms with Crippen molar-refractivity contribution < 1.29 is 14.7 Å². The number of rotatable bonds is 5. The van der Waals surface area contributed by atoms with E-state index in [0.717, 1.165) is 42.0 Å². The Balaban J connectivity index is 1.49. The van der Waals surface area contributed by atoms with E-state index in [9.17, 15) is 9.90 Å². The third kappa shape index (κ3) is 4.21. The van der Waals surface area contributed by atoms with Gasteiger partial charge in [-0.05, 0) is 35.2 Å². The molecule has 1 atom stereocenters. The lowest BCUT2D eigenvalue weighted by atomic mass is 10.0. The van der Waals surface area contributed by atoms with E-state index in [2.05, 4.69) is 10.8 Å². The first-order valence-corrected chi connectivity index (χ1v) is 8.08. The Morgan fingerprint density at radius 3 is 2.70 bits per heavy atom. The second-order valence-corrected chi connectivity index (χ2v) is 5.96. The Hall–Kier alpha value is -2.11. The molecule has 0 aliphatic heterocycles. The van der Waals surface area contributed by atoms with Crippen LogP contribution in [0.5, 0.6) is 0 Å². The summed E-state index contributed by atoms with van der Waals surface area (Å²) in [6.45, 7) is 0.137. The minimum atomic E-state index is -0.753. The molecule has 23 heavy (non-hydrogen) atoms. The Bertz CT molecular complexity index is 668. The maximum absolute atomic E-state index is 11.7. The number of hydroxylamine groups is 1. The van der Waals surface area contributed by atoms with Gasteiger partial charge in [0.15, 0.2) is 0 Å². The largest absolute Gasteiger partial charge is 0.387 e. The summed E-state index contributed by atoms with van der Waals surface area (Å²) >= 11 is 0. The highest BCUT2D eigenvalue weighted by molar-refractivity contribution is 5.83. The lowest BCUT2D eigenvalue weighted by Gasteiger charge is -2.15. The van der Waals surface area contributed by atoms with Gasteiger partial charge in [-0.15, -0.1) is 0 Å². The Kier molecular flexibility index (Phi) is 5.10. The normalized spacial score (nSPS) is 16.4. The van der Waals surface area contributed by atoms with Gasteiger partial charge < -0.3 is 10.4 Å². The number of benzene rings is 2. The van der Waals surface area contributed by atoms with Crippen LogP contribution in [-0.2, 0) is 4.84 Å². The van der Waals surface area contributed by atoms with Crippen LogP contribution in [0, 0.1) is 0 Å². The summed E-state index contributed by atoms with van der Waals surface area (Å²) in [5, 5.41) is 15.0. The van der Waals surface area contributed by atoms with Gasteiger partial charge >= 0.3 is 6.03 Å². The van der Waals surface area contributed by atoms with Crippen LogP contribution < -0.4 is 10.8 Å². The minimum Gasteiger partial charge on any atom is -0.387 e. The molecule has 1 fully saturated rings. The SMILES string of the molecule is O=C(NCC(O)c1ccc2ccccc2c1)NOC1CCCC1. The number of urea groups is 1. The van der Waals surface area contributed by atoms with Crippen LogP contribution in [-0.4, -0.2) is 23.8 Å². The summed E-state index contributed by atoms with van der Waals surface area (Å²) in [6.07, 6.45) is 3.63. The third-order valence-corrected chi connectivity index (χ3v) is 4.23. The van der Waals surface area contributed by atoms with E-state index in [1.165, 1.54) is 0 Å². The van der Waals surface area contributed by atoms with Crippen molar-refractivity contribution in [3.8, 4) is 0 Å². The van der Waals surface area contributed by atoms with E-state index in [-0.39, 0.29) is 12.6 Å². The first-order valence-electron chi connectivity index (χ1n) is 8.08. The van der Waals surface area contributed by atoms with Crippen molar-refractivity contribution in [2.75, 3.05) is 6.54 Å². The first kappa shape index (κ1) is 15.8. The molecule has 1 saturated carbocycles. The van der Waals surface area contributed by atoms with Gasteiger partial charge in [0, 0.05) is 6.54 Å². The van der Waals surface area contributed by atoms with E-state index < -0.39 is 12.1 Å². The quantitative estimate of drug-likeness (QED) is 0.743. The van der Waals surface area contributed by atoms with Crippen molar-refractivity contribution in [3.05, 3.63) is 48.0 Å². The number of carbonyl (C=O) groups excluding carboxylic acids is 1. The van der Waals surface area contributed by atoms with Crippen molar-refractivity contribution in [1.29, 1.82) is 0 Å². The van der Waals surface area contributed by atoms with Crippen LogP contribution in [0.4, 0.5) is 4.79 Å². The zero-order valence-corrected chi connectivity index (χ0v) is 13.0. The molecule has 0 radical (unpaired) electrons. The van der Waals surface area contributed by atoms with Crippen LogP contribution in [0.1, 0.15) is 37.4 Å². The van der Waals surface area contributed by atoms with Crippen molar-refractivity contribution >= 4 is 16.8 Å². The van der Waals surface area contributed by atoms with Crippen molar-refractivity contribution in [1.82, 2.24) is 10.8 Å². The van der Waals surface area contributed by atoms with Crippen molar-refractivity contribution in [2.24, 2.45) is 0 Å². The molecule has 5 nitrogen and oxygen atoms in total. The summed E-state index contributed by atoms with van der Waals surface area (Å²) < 4.78 is 0.